The van der Waals surface area contributed by atoms with Gasteiger partial charge < -0.3 is 15.4 Å². The zero-order valence-corrected chi connectivity index (χ0v) is 18.5. The summed E-state index contributed by atoms with van der Waals surface area (Å²) >= 11 is 3.45. The molecule has 7 heteroatoms. The third-order valence-electron chi connectivity index (χ3n) is 4.64. The molecule has 0 radical (unpaired) electrons. The van der Waals surface area contributed by atoms with Crippen LogP contribution in [0.4, 0.5) is 10.1 Å². The highest BCUT2D eigenvalue weighted by atomic mass is 79.9. The van der Waals surface area contributed by atoms with Crippen LogP contribution in [-0.2, 0) is 17.8 Å². The average molecular weight is 485 g/mol. The maximum atomic E-state index is 13.0. The number of carbonyl (C=O) groups excluding carboxylic acids is 2. The second kappa shape index (κ2) is 10.7. The highest BCUT2D eigenvalue weighted by molar-refractivity contribution is 9.10. The van der Waals surface area contributed by atoms with Crippen LogP contribution in [0.2, 0.25) is 0 Å². The van der Waals surface area contributed by atoms with E-state index >= 15 is 0 Å². The van der Waals surface area contributed by atoms with Gasteiger partial charge >= 0.3 is 0 Å². The number of benzene rings is 3. The third-order valence-corrected chi connectivity index (χ3v) is 5.26. The largest absolute Gasteiger partial charge is 0.496 e. The van der Waals surface area contributed by atoms with Crippen LogP contribution < -0.4 is 15.4 Å². The summed E-state index contributed by atoms with van der Waals surface area (Å²) in [5.41, 5.74) is 2.86. The van der Waals surface area contributed by atoms with E-state index in [9.17, 15) is 14.0 Å². The Hall–Kier alpha value is -3.19. The van der Waals surface area contributed by atoms with Gasteiger partial charge in [-0.1, -0.05) is 18.2 Å². The van der Waals surface area contributed by atoms with Gasteiger partial charge in [-0.15, -0.1) is 0 Å². The van der Waals surface area contributed by atoms with Gasteiger partial charge in [-0.2, -0.15) is 0 Å². The molecule has 2 amide bonds. The minimum atomic E-state index is -0.395. The monoisotopic (exact) mass is 484 g/mol. The fourth-order valence-electron chi connectivity index (χ4n) is 2.98. The lowest BCUT2D eigenvalue weighted by Gasteiger charge is -2.09. The molecule has 0 bridgehead atoms. The number of rotatable bonds is 8. The van der Waals surface area contributed by atoms with E-state index in [0.29, 0.717) is 30.6 Å². The second-order valence-electron chi connectivity index (χ2n) is 6.91. The fraction of sp³-hybridized carbons (Fsp3) is 0.167. The molecule has 5 nitrogen and oxygen atoms in total. The van der Waals surface area contributed by atoms with Crippen molar-refractivity contribution in [3.8, 4) is 5.75 Å². The zero-order valence-electron chi connectivity index (χ0n) is 17.0. The van der Waals surface area contributed by atoms with Crippen molar-refractivity contribution in [3.05, 3.63) is 93.7 Å². The highest BCUT2D eigenvalue weighted by Crippen LogP contribution is 2.26. The number of methoxy groups -OCH3 is 1. The molecule has 31 heavy (non-hydrogen) atoms. The number of ether oxygens (including phenoxy) is 1. The number of hydrogen-bond donors (Lipinski definition) is 2. The second-order valence-corrected chi connectivity index (χ2v) is 7.76. The summed E-state index contributed by atoms with van der Waals surface area (Å²) < 4.78 is 19.1. The van der Waals surface area contributed by atoms with E-state index in [1.54, 1.807) is 25.3 Å². The topological polar surface area (TPSA) is 67.4 Å². The van der Waals surface area contributed by atoms with Crippen molar-refractivity contribution < 1.29 is 18.7 Å². The van der Waals surface area contributed by atoms with E-state index in [0.717, 1.165) is 21.3 Å². The number of anilines is 1. The SMILES string of the molecule is COc1ccc(CCC(=O)NCc2cccc(NC(=O)c3ccc(F)cc3)c2)cc1Br. The van der Waals surface area contributed by atoms with Crippen LogP contribution in [0.15, 0.2) is 71.2 Å². The van der Waals surface area contributed by atoms with Gasteiger partial charge in [-0.25, -0.2) is 4.39 Å². The molecule has 160 valence electrons. The van der Waals surface area contributed by atoms with Gasteiger partial charge in [0.1, 0.15) is 11.6 Å². The van der Waals surface area contributed by atoms with Crippen molar-refractivity contribution in [1.82, 2.24) is 5.32 Å². The highest BCUT2D eigenvalue weighted by Gasteiger charge is 2.08. The molecule has 0 atom stereocenters. The quantitative estimate of drug-likeness (QED) is 0.467. The maximum Gasteiger partial charge on any atom is 0.255 e. The number of halogens is 2. The van der Waals surface area contributed by atoms with Crippen molar-refractivity contribution in [3.63, 3.8) is 0 Å². The lowest BCUT2D eigenvalue weighted by atomic mass is 10.1. The van der Waals surface area contributed by atoms with E-state index in [1.165, 1.54) is 24.3 Å². The molecule has 0 aliphatic heterocycles. The van der Waals surface area contributed by atoms with Crippen LogP contribution in [-0.4, -0.2) is 18.9 Å². The van der Waals surface area contributed by atoms with Crippen LogP contribution in [0, 0.1) is 5.82 Å². The normalized spacial score (nSPS) is 10.4. The number of aryl methyl sites for hydroxylation is 1. The molecule has 2 N–H and O–H groups in total. The van der Waals surface area contributed by atoms with Gasteiger partial charge in [0.05, 0.1) is 11.6 Å². The lowest BCUT2D eigenvalue weighted by Crippen LogP contribution is -2.23. The molecule has 3 aromatic rings. The van der Waals surface area contributed by atoms with Gasteiger partial charge in [0, 0.05) is 24.2 Å². The summed E-state index contributed by atoms with van der Waals surface area (Å²) in [6.45, 7) is 0.353. The maximum absolute atomic E-state index is 13.0. The smallest absolute Gasteiger partial charge is 0.255 e. The molecule has 0 spiro atoms. The third kappa shape index (κ3) is 6.65. The Labute approximate surface area is 188 Å². The summed E-state index contributed by atoms with van der Waals surface area (Å²) in [4.78, 5) is 24.5. The molecular weight excluding hydrogens is 463 g/mol. The molecule has 3 aromatic carbocycles. The summed E-state index contributed by atoms with van der Waals surface area (Å²) in [5, 5.41) is 5.67. The van der Waals surface area contributed by atoms with Crippen molar-refractivity contribution in [1.29, 1.82) is 0 Å². The summed E-state index contributed by atoms with van der Waals surface area (Å²) in [6, 6.07) is 18.3. The first-order chi connectivity index (χ1) is 14.9. The first-order valence-corrected chi connectivity index (χ1v) is 10.5. The fourth-order valence-corrected chi connectivity index (χ4v) is 3.56. The molecule has 0 aliphatic rings. The van der Waals surface area contributed by atoms with Crippen molar-refractivity contribution in [2.45, 2.75) is 19.4 Å². The number of nitrogens with one attached hydrogen (secondary N) is 2. The predicted molar refractivity (Wildman–Crippen MR) is 122 cm³/mol. The Kier molecular flexibility index (Phi) is 7.78. The van der Waals surface area contributed by atoms with Gasteiger partial charge in [-0.3, -0.25) is 9.59 Å². The molecule has 0 saturated heterocycles. The first-order valence-electron chi connectivity index (χ1n) is 9.69. The molecule has 0 aromatic heterocycles. The molecule has 3 rings (SSSR count). The van der Waals surface area contributed by atoms with Gasteiger partial charge in [-0.05, 0) is 82.0 Å². The van der Waals surface area contributed by atoms with Gasteiger partial charge in [0.2, 0.25) is 5.91 Å². The Morgan fingerprint density at radius 3 is 2.48 bits per heavy atom. The van der Waals surface area contributed by atoms with Gasteiger partial charge in [0.15, 0.2) is 0 Å². The van der Waals surface area contributed by atoms with Crippen molar-refractivity contribution >= 4 is 33.4 Å². The summed E-state index contributed by atoms with van der Waals surface area (Å²) in [6.07, 6.45) is 0.974. The van der Waals surface area contributed by atoms with Crippen molar-refractivity contribution in [2.24, 2.45) is 0 Å². The standard InChI is InChI=1S/C24H22BrFN2O3/c1-31-22-11-5-16(14-21(22)25)6-12-23(29)27-15-17-3-2-4-20(13-17)28-24(30)18-7-9-19(26)10-8-18/h2-5,7-11,13-14H,6,12,15H2,1H3,(H,27,29)(H,28,30). The van der Waals surface area contributed by atoms with Crippen LogP contribution in [0.3, 0.4) is 0 Å². The van der Waals surface area contributed by atoms with Crippen molar-refractivity contribution in [2.75, 3.05) is 12.4 Å². The number of hydrogen-bond acceptors (Lipinski definition) is 3. The van der Waals surface area contributed by atoms with Crippen LogP contribution in [0.25, 0.3) is 0 Å². The zero-order chi connectivity index (χ0) is 22.2. The van der Waals surface area contributed by atoms with E-state index in [1.807, 2.05) is 24.3 Å². The Balaban J connectivity index is 1.50. The first kappa shape index (κ1) is 22.5. The molecule has 0 saturated carbocycles. The Bertz CT molecular complexity index is 1070. The minimum absolute atomic E-state index is 0.0623. The Morgan fingerprint density at radius 1 is 1.00 bits per heavy atom. The predicted octanol–water partition coefficient (Wildman–Crippen LogP) is 5.10. The van der Waals surface area contributed by atoms with E-state index in [2.05, 4.69) is 26.6 Å². The lowest BCUT2D eigenvalue weighted by molar-refractivity contribution is -0.121. The van der Waals surface area contributed by atoms with E-state index in [4.69, 9.17) is 4.74 Å². The van der Waals surface area contributed by atoms with Crippen LogP contribution in [0.1, 0.15) is 27.9 Å². The molecule has 0 heterocycles. The average Bonchev–Trinajstić information content (AvgIpc) is 2.77. The van der Waals surface area contributed by atoms with Crippen LogP contribution in [0.5, 0.6) is 5.75 Å². The van der Waals surface area contributed by atoms with Gasteiger partial charge in [0.25, 0.3) is 5.91 Å². The molecule has 0 fully saturated rings. The molecular formula is C24H22BrFN2O3. The Morgan fingerprint density at radius 2 is 1.77 bits per heavy atom. The van der Waals surface area contributed by atoms with E-state index < -0.39 is 5.82 Å². The van der Waals surface area contributed by atoms with E-state index in [-0.39, 0.29) is 11.8 Å². The summed E-state index contributed by atoms with van der Waals surface area (Å²) in [5.74, 6) is -0.0342. The molecule has 0 aliphatic carbocycles. The number of carbonyl (C=O) groups is 2. The summed E-state index contributed by atoms with van der Waals surface area (Å²) in [7, 11) is 1.61. The molecule has 0 unspecified atom stereocenters. The minimum Gasteiger partial charge on any atom is -0.496 e. The van der Waals surface area contributed by atoms with Crippen LogP contribution >= 0.6 is 15.9 Å². The number of amides is 2.